The summed E-state index contributed by atoms with van der Waals surface area (Å²) in [5.74, 6) is 0. The van der Waals surface area contributed by atoms with Gasteiger partial charge in [-0.2, -0.15) is 0 Å². The Morgan fingerprint density at radius 2 is 2.15 bits per heavy atom. The standard InChI is InChI=1S/C10H13N2S/c1-2-7-12(8-3-1)13-10-5-4-6-11-9-10/h4-6H,1-3,7-8H2. The Bertz CT molecular complexity index is 244. The van der Waals surface area contributed by atoms with Crippen molar-refractivity contribution < 1.29 is 0 Å². The maximum Gasteiger partial charge on any atom is 0.105 e. The maximum absolute atomic E-state index is 3.98. The predicted octanol–water partition coefficient (Wildman–Crippen LogP) is 2.37. The minimum Gasteiger partial charge on any atom is -0.253 e. The van der Waals surface area contributed by atoms with Gasteiger partial charge in [-0.3, -0.25) is 4.98 Å². The second-order valence-corrected chi connectivity index (χ2v) is 4.33. The van der Waals surface area contributed by atoms with Gasteiger partial charge in [-0.05, 0) is 36.9 Å². The molecule has 0 atom stereocenters. The fourth-order valence-electron chi connectivity index (χ4n) is 1.46. The average Bonchev–Trinajstić information content (AvgIpc) is 2.21. The first-order valence-electron chi connectivity index (χ1n) is 4.71. The zero-order valence-electron chi connectivity index (χ0n) is 7.57. The van der Waals surface area contributed by atoms with Gasteiger partial charge in [0.2, 0.25) is 0 Å². The first-order chi connectivity index (χ1) is 6.45. The van der Waals surface area contributed by atoms with Gasteiger partial charge < -0.3 is 0 Å². The van der Waals surface area contributed by atoms with Gasteiger partial charge in [-0.25, -0.2) is 4.31 Å². The Labute approximate surface area is 83.5 Å². The van der Waals surface area contributed by atoms with Gasteiger partial charge in [0, 0.05) is 19.3 Å². The monoisotopic (exact) mass is 193 g/mol. The van der Waals surface area contributed by atoms with Crippen LogP contribution in [0.15, 0.2) is 23.2 Å². The van der Waals surface area contributed by atoms with E-state index in [1.165, 1.54) is 32.4 Å². The molecule has 1 saturated heterocycles. The molecule has 2 heterocycles. The van der Waals surface area contributed by atoms with Crippen LogP contribution in [-0.4, -0.2) is 22.4 Å². The van der Waals surface area contributed by atoms with E-state index in [0.717, 1.165) is 4.90 Å². The molecule has 0 saturated carbocycles. The van der Waals surface area contributed by atoms with Crippen molar-refractivity contribution in [2.45, 2.75) is 24.2 Å². The van der Waals surface area contributed by atoms with Crippen LogP contribution in [-0.2, 0) is 0 Å². The summed E-state index contributed by atoms with van der Waals surface area (Å²) in [6, 6.07) is 4.02. The summed E-state index contributed by atoms with van der Waals surface area (Å²) in [6.45, 7) is 2.40. The summed E-state index contributed by atoms with van der Waals surface area (Å²) >= 11 is 1.78. The minimum absolute atomic E-state index is 1.13. The van der Waals surface area contributed by atoms with Crippen LogP contribution in [0.3, 0.4) is 0 Å². The van der Waals surface area contributed by atoms with Gasteiger partial charge in [0.05, 0.1) is 4.90 Å². The van der Waals surface area contributed by atoms with Crippen LogP contribution in [0, 0.1) is 6.20 Å². The van der Waals surface area contributed by atoms with Crippen molar-refractivity contribution in [2.24, 2.45) is 0 Å². The van der Waals surface area contributed by atoms with Crippen LogP contribution in [0.25, 0.3) is 0 Å². The first kappa shape index (κ1) is 9.03. The van der Waals surface area contributed by atoms with Crippen LogP contribution >= 0.6 is 11.9 Å². The van der Waals surface area contributed by atoms with Crippen molar-refractivity contribution in [3.05, 3.63) is 24.5 Å². The van der Waals surface area contributed by atoms with Gasteiger partial charge in [0.1, 0.15) is 6.20 Å². The molecule has 1 radical (unpaired) electrons. The molecule has 13 heavy (non-hydrogen) atoms. The van der Waals surface area contributed by atoms with E-state index in [1.807, 2.05) is 6.07 Å². The van der Waals surface area contributed by atoms with Crippen molar-refractivity contribution in [1.82, 2.24) is 9.29 Å². The van der Waals surface area contributed by atoms with Gasteiger partial charge in [-0.1, -0.05) is 6.42 Å². The maximum atomic E-state index is 3.98. The molecular weight excluding hydrogens is 180 g/mol. The minimum atomic E-state index is 1.13. The first-order valence-corrected chi connectivity index (χ1v) is 5.48. The SMILES string of the molecule is [c]1ncccc1SN1CCCCC1. The smallest absolute Gasteiger partial charge is 0.105 e. The lowest BCUT2D eigenvalue weighted by atomic mass is 10.2. The van der Waals surface area contributed by atoms with Crippen molar-refractivity contribution in [3.8, 4) is 0 Å². The molecule has 0 bridgehead atoms. The molecule has 0 spiro atoms. The second-order valence-electron chi connectivity index (χ2n) is 3.19. The third-order valence-corrected chi connectivity index (χ3v) is 3.17. The Kier molecular flexibility index (Phi) is 3.22. The highest BCUT2D eigenvalue weighted by molar-refractivity contribution is 7.97. The third-order valence-electron chi connectivity index (χ3n) is 2.13. The molecule has 1 fully saturated rings. The van der Waals surface area contributed by atoms with Crippen LogP contribution in [0.4, 0.5) is 0 Å². The number of pyridine rings is 1. The molecule has 1 aromatic rings. The van der Waals surface area contributed by atoms with E-state index in [1.54, 1.807) is 18.1 Å². The lowest BCUT2D eigenvalue weighted by Crippen LogP contribution is -2.22. The molecule has 3 heteroatoms. The van der Waals surface area contributed by atoms with E-state index in [-0.39, 0.29) is 0 Å². The van der Waals surface area contributed by atoms with Crippen molar-refractivity contribution in [2.75, 3.05) is 13.1 Å². The van der Waals surface area contributed by atoms with E-state index < -0.39 is 0 Å². The number of piperidine rings is 1. The van der Waals surface area contributed by atoms with Gasteiger partial charge in [-0.15, -0.1) is 0 Å². The van der Waals surface area contributed by atoms with E-state index in [0.29, 0.717) is 0 Å². The predicted molar refractivity (Wildman–Crippen MR) is 54.4 cm³/mol. The average molecular weight is 193 g/mol. The Morgan fingerprint density at radius 3 is 2.85 bits per heavy atom. The number of hydrogen-bond acceptors (Lipinski definition) is 3. The molecule has 69 valence electrons. The molecule has 1 aliphatic rings. The van der Waals surface area contributed by atoms with Crippen LogP contribution in [0.2, 0.25) is 0 Å². The Balaban J connectivity index is 1.90. The topological polar surface area (TPSA) is 16.1 Å². The number of hydrogen-bond donors (Lipinski definition) is 0. The zero-order chi connectivity index (χ0) is 8.93. The molecule has 1 aliphatic heterocycles. The zero-order valence-corrected chi connectivity index (χ0v) is 8.39. The summed E-state index contributed by atoms with van der Waals surface area (Å²) in [6.07, 6.45) is 8.79. The normalized spacial score (nSPS) is 18.8. The molecule has 0 unspecified atom stereocenters. The van der Waals surface area contributed by atoms with Gasteiger partial charge in [0.15, 0.2) is 0 Å². The molecule has 1 aromatic heterocycles. The second kappa shape index (κ2) is 4.63. The molecule has 2 rings (SSSR count). The summed E-state index contributed by atoms with van der Waals surface area (Å²) in [7, 11) is 0. The van der Waals surface area contributed by atoms with E-state index in [2.05, 4.69) is 21.6 Å². The quantitative estimate of drug-likeness (QED) is 0.671. The Morgan fingerprint density at radius 1 is 1.31 bits per heavy atom. The van der Waals surface area contributed by atoms with Gasteiger partial charge >= 0.3 is 0 Å². The fraction of sp³-hybridized carbons (Fsp3) is 0.500. The lowest BCUT2D eigenvalue weighted by molar-refractivity contribution is 0.380. The highest BCUT2D eigenvalue weighted by Crippen LogP contribution is 2.24. The largest absolute Gasteiger partial charge is 0.253 e. The highest BCUT2D eigenvalue weighted by Gasteiger charge is 2.10. The highest BCUT2D eigenvalue weighted by atomic mass is 32.2. The van der Waals surface area contributed by atoms with E-state index >= 15 is 0 Å². The van der Waals surface area contributed by atoms with Gasteiger partial charge in [0.25, 0.3) is 0 Å². The van der Waals surface area contributed by atoms with E-state index in [4.69, 9.17) is 0 Å². The summed E-state index contributed by atoms with van der Waals surface area (Å²) in [5, 5.41) is 0. The van der Waals surface area contributed by atoms with Crippen molar-refractivity contribution in [1.29, 1.82) is 0 Å². The van der Waals surface area contributed by atoms with Crippen molar-refractivity contribution in [3.63, 3.8) is 0 Å². The molecular formula is C10H13N2S. The van der Waals surface area contributed by atoms with Crippen molar-refractivity contribution >= 4 is 11.9 Å². The third kappa shape index (κ3) is 2.71. The Hall–Kier alpha value is -0.540. The summed E-state index contributed by atoms with van der Waals surface area (Å²) in [5.41, 5.74) is 0. The molecule has 2 nitrogen and oxygen atoms in total. The number of aromatic nitrogens is 1. The molecule has 0 aliphatic carbocycles. The molecule has 0 N–H and O–H groups in total. The van der Waals surface area contributed by atoms with E-state index in [9.17, 15) is 0 Å². The fourth-order valence-corrected chi connectivity index (χ4v) is 2.41. The summed E-state index contributed by atoms with van der Waals surface area (Å²) in [4.78, 5) is 5.11. The lowest BCUT2D eigenvalue weighted by Gasteiger charge is -2.24. The van der Waals surface area contributed by atoms with Crippen LogP contribution in [0.1, 0.15) is 19.3 Å². The van der Waals surface area contributed by atoms with Crippen LogP contribution < -0.4 is 0 Å². The number of rotatable bonds is 2. The number of nitrogens with zero attached hydrogens (tertiary/aromatic N) is 2. The van der Waals surface area contributed by atoms with Crippen LogP contribution in [0.5, 0.6) is 0 Å². The molecule has 0 aromatic carbocycles. The molecule has 0 amide bonds. The summed E-state index contributed by atoms with van der Waals surface area (Å²) < 4.78 is 2.40.